The Labute approximate surface area is 136 Å². The monoisotopic (exact) mass is 319 g/mol. The van der Waals surface area contributed by atoms with Gasteiger partial charge in [-0.1, -0.05) is 0 Å². The lowest BCUT2D eigenvalue weighted by Crippen LogP contribution is -2.16. The van der Waals surface area contributed by atoms with Crippen LogP contribution in [0.1, 0.15) is 17.9 Å². The molecule has 0 bridgehead atoms. The highest BCUT2D eigenvalue weighted by atomic mass is 19.1. The number of benzene rings is 2. The van der Waals surface area contributed by atoms with Crippen LogP contribution in [0.3, 0.4) is 0 Å². The summed E-state index contributed by atoms with van der Waals surface area (Å²) >= 11 is 0. The van der Waals surface area contributed by atoms with Gasteiger partial charge in [0.15, 0.2) is 0 Å². The smallest absolute Gasteiger partial charge is 0.123 e. The van der Waals surface area contributed by atoms with E-state index in [4.69, 9.17) is 19.9 Å². The first-order valence-electron chi connectivity index (χ1n) is 7.48. The van der Waals surface area contributed by atoms with Gasteiger partial charge in [-0.2, -0.15) is 0 Å². The van der Waals surface area contributed by atoms with Crippen molar-refractivity contribution in [2.45, 2.75) is 12.3 Å². The summed E-state index contributed by atoms with van der Waals surface area (Å²) in [6, 6.07) is 11.6. The molecule has 0 saturated carbocycles. The minimum absolute atomic E-state index is 0.0838. The predicted octanol–water partition coefficient (Wildman–Crippen LogP) is 3.35. The quantitative estimate of drug-likeness (QED) is 0.810. The highest BCUT2D eigenvalue weighted by molar-refractivity contribution is 5.42. The fourth-order valence-corrected chi connectivity index (χ4v) is 2.41. The molecule has 2 N–H and O–H groups in total. The summed E-state index contributed by atoms with van der Waals surface area (Å²) < 4.78 is 29.2. The Morgan fingerprint density at radius 3 is 2.30 bits per heavy atom. The van der Waals surface area contributed by atoms with Crippen molar-refractivity contribution >= 4 is 0 Å². The van der Waals surface area contributed by atoms with Gasteiger partial charge in [0.25, 0.3) is 0 Å². The van der Waals surface area contributed by atoms with Crippen LogP contribution in [0.15, 0.2) is 42.5 Å². The third-order valence-corrected chi connectivity index (χ3v) is 3.71. The maximum atomic E-state index is 12.9. The van der Waals surface area contributed by atoms with Gasteiger partial charge < -0.3 is 19.9 Å². The Hall–Kier alpha value is -2.27. The Bertz CT molecular complexity index is 616. The lowest BCUT2D eigenvalue weighted by molar-refractivity contribution is 0.295. The number of rotatable bonds is 8. The van der Waals surface area contributed by atoms with E-state index in [1.165, 1.54) is 12.1 Å². The summed E-state index contributed by atoms with van der Waals surface area (Å²) in [4.78, 5) is 0. The second-order valence-corrected chi connectivity index (χ2v) is 5.13. The first-order valence-corrected chi connectivity index (χ1v) is 7.48. The van der Waals surface area contributed by atoms with Gasteiger partial charge >= 0.3 is 0 Å². The van der Waals surface area contributed by atoms with Gasteiger partial charge in [0.1, 0.15) is 23.1 Å². The lowest BCUT2D eigenvalue weighted by atomic mass is 9.95. The van der Waals surface area contributed by atoms with Crippen LogP contribution in [0.2, 0.25) is 0 Å². The van der Waals surface area contributed by atoms with Crippen LogP contribution in [0, 0.1) is 5.82 Å². The molecule has 1 unspecified atom stereocenters. The number of nitrogens with two attached hydrogens (primary N) is 1. The third kappa shape index (κ3) is 4.60. The summed E-state index contributed by atoms with van der Waals surface area (Å²) in [5, 5.41) is 0. The molecule has 0 aromatic heterocycles. The summed E-state index contributed by atoms with van der Waals surface area (Å²) in [5.74, 6) is 1.99. The van der Waals surface area contributed by atoms with Crippen molar-refractivity contribution in [3.05, 3.63) is 53.8 Å². The maximum Gasteiger partial charge on any atom is 0.123 e. The van der Waals surface area contributed by atoms with Crippen molar-refractivity contribution in [1.82, 2.24) is 0 Å². The van der Waals surface area contributed by atoms with E-state index in [-0.39, 0.29) is 11.7 Å². The van der Waals surface area contributed by atoms with Crippen LogP contribution >= 0.6 is 0 Å². The molecule has 2 aromatic carbocycles. The average molecular weight is 319 g/mol. The number of methoxy groups -OCH3 is 2. The average Bonchev–Trinajstić information content (AvgIpc) is 2.60. The molecular weight excluding hydrogens is 297 g/mol. The molecule has 0 radical (unpaired) electrons. The van der Waals surface area contributed by atoms with Crippen molar-refractivity contribution in [2.75, 3.05) is 27.4 Å². The summed E-state index contributed by atoms with van der Waals surface area (Å²) in [6.45, 7) is 0.949. The molecule has 0 saturated heterocycles. The molecule has 2 aromatic rings. The number of hydrogen-bond acceptors (Lipinski definition) is 4. The van der Waals surface area contributed by atoms with Crippen LogP contribution in [0.5, 0.6) is 17.2 Å². The van der Waals surface area contributed by atoms with Gasteiger partial charge in [0.05, 0.1) is 20.8 Å². The zero-order valence-corrected chi connectivity index (χ0v) is 13.4. The molecular formula is C18H22FNO3. The number of hydrogen-bond donors (Lipinski definition) is 1. The van der Waals surface area contributed by atoms with Crippen molar-refractivity contribution < 1.29 is 18.6 Å². The maximum absolute atomic E-state index is 12.9. The molecule has 1 atom stereocenters. The fourth-order valence-electron chi connectivity index (χ4n) is 2.41. The van der Waals surface area contributed by atoms with Crippen LogP contribution in [-0.4, -0.2) is 27.4 Å². The Morgan fingerprint density at radius 1 is 1.00 bits per heavy atom. The summed E-state index contributed by atoms with van der Waals surface area (Å²) in [7, 11) is 3.26. The van der Waals surface area contributed by atoms with E-state index in [1.807, 2.05) is 18.2 Å². The molecule has 5 heteroatoms. The normalized spacial score (nSPS) is 11.8. The highest BCUT2D eigenvalue weighted by Crippen LogP contribution is 2.32. The van der Waals surface area contributed by atoms with Crippen LogP contribution in [0.4, 0.5) is 4.39 Å². The van der Waals surface area contributed by atoms with Crippen LogP contribution in [0.25, 0.3) is 0 Å². The van der Waals surface area contributed by atoms with Crippen molar-refractivity contribution in [2.24, 2.45) is 5.73 Å². The molecule has 4 nitrogen and oxygen atoms in total. The minimum Gasteiger partial charge on any atom is -0.497 e. The van der Waals surface area contributed by atoms with Gasteiger partial charge in [-0.25, -0.2) is 4.39 Å². The van der Waals surface area contributed by atoms with E-state index in [1.54, 1.807) is 26.4 Å². The van der Waals surface area contributed by atoms with Gasteiger partial charge in [-0.3, -0.25) is 0 Å². The predicted molar refractivity (Wildman–Crippen MR) is 87.9 cm³/mol. The Kier molecular flexibility index (Phi) is 6.23. The van der Waals surface area contributed by atoms with E-state index >= 15 is 0 Å². The molecule has 124 valence electrons. The topological polar surface area (TPSA) is 53.7 Å². The standard InChI is InChI=1S/C18H22FNO3/c1-21-16-7-8-18(22-2)17(11-16)13(12-20)9-10-23-15-5-3-14(19)4-6-15/h3-8,11,13H,9-10,12,20H2,1-2H3. The van der Waals surface area contributed by atoms with Crippen LogP contribution in [-0.2, 0) is 0 Å². The van der Waals surface area contributed by atoms with E-state index in [0.29, 0.717) is 18.9 Å². The number of ether oxygens (including phenoxy) is 3. The van der Waals surface area contributed by atoms with E-state index in [2.05, 4.69) is 0 Å². The Morgan fingerprint density at radius 2 is 1.70 bits per heavy atom. The van der Waals surface area contributed by atoms with E-state index in [9.17, 15) is 4.39 Å². The van der Waals surface area contributed by atoms with E-state index < -0.39 is 0 Å². The third-order valence-electron chi connectivity index (χ3n) is 3.71. The van der Waals surface area contributed by atoms with Crippen molar-refractivity contribution in [3.63, 3.8) is 0 Å². The SMILES string of the molecule is COc1ccc(OC)c(C(CN)CCOc2ccc(F)cc2)c1. The van der Waals surface area contributed by atoms with Gasteiger partial charge in [0.2, 0.25) is 0 Å². The first kappa shape index (κ1) is 17.1. The molecule has 0 aliphatic rings. The second kappa shape index (κ2) is 8.39. The summed E-state index contributed by atoms with van der Waals surface area (Å²) in [6.07, 6.45) is 0.720. The van der Waals surface area contributed by atoms with Gasteiger partial charge in [-0.15, -0.1) is 0 Å². The largest absolute Gasteiger partial charge is 0.497 e. The van der Waals surface area contributed by atoms with Crippen molar-refractivity contribution in [3.8, 4) is 17.2 Å². The lowest BCUT2D eigenvalue weighted by Gasteiger charge is -2.19. The zero-order valence-electron chi connectivity index (χ0n) is 13.4. The molecule has 0 aliphatic carbocycles. The Balaban J connectivity index is 2.03. The first-order chi connectivity index (χ1) is 11.2. The highest BCUT2D eigenvalue weighted by Gasteiger charge is 2.16. The molecule has 0 spiro atoms. The fraction of sp³-hybridized carbons (Fsp3) is 0.333. The summed E-state index contributed by atoms with van der Waals surface area (Å²) in [5.41, 5.74) is 6.91. The van der Waals surface area contributed by atoms with Gasteiger partial charge in [-0.05, 0) is 55.4 Å². The molecule has 23 heavy (non-hydrogen) atoms. The number of halogens is 1. The van der Waals surface area contributed by atoms with Gasteiger partial charge in [0, 0.05) is 11.5 Å². The molecule has 0 amide bonds. The minimum atomic E-state index is -0.279. The van der Waals surface area contributed by atoms with Crippen LogP contribution < -0.4 is 19.9 Å². The molecule has 0 fully saturated rings. The van der Waals surface area contributed by atoms with Crippen molar-refractivity contribution in [1.29, 1.82) is 0 Å². The molecule has 0 heterocycles. The molecule has 0 aliphatic heterocycles. The van der Waals surface area contributed by atoms with E-state index in [0.717, 1.165) is 23.5 Å². The molecule has 2 rings (SSSR count). The zero-order chi connectivity index (χ0) is 16.7. The second-order valence-electron chi connectivity index (χ2n) is 5.13.